The second-order valence-electron chi connectivity index (χ2n) is 13.5. The van der Waals surface area contributed by atoms with E-state index in [1.165, 1.54) is 27.2 Å². The second-order valence-corrected chi connectivity index (χ2v) is 15.1. The molecule has 1 fully saturated rings. The molecule has 2 aromatic carbocycles. The Kier molecular flexibility index (Phi) is 13.8. The average molecular weight is 713 g/mol. The Morgan fingerprint density at radius 1 is 0.826 bits per heavy atom. The van der Waals surface area contributed by atoms with E-state index in [4.69, 9.17) is 55.9 Å². The van der Waals surface area contributed by atoms with Crippen molar-refractivity contribution >= 4 is 70.7 Å². The van der Waals surface area contributed by atoms with Crippen LogP contribution in [0, 0.1) is 0 Å². The minimum atomic E-state index is -0.478. The standard InChI is InChI=1S/C18H22ClNO2.C9H17Cl2NO2.C9H7Cl/c1-17(2,3)22-16(21)20-10-8-18(9-11-20)7-6-13-12-14(19)4-5-15(13)18;1-9(2,3)14-8(13)12(6-4-10)7-5-11;10-9-5-4-7-2-1-3-8(7)6-9/h4-7,12H,8-11H2,1-3H3;4-7H2,1-3H3;1,3-6H,2H2. The van der Waals surface area contributed by atoms with Gasteiger partial charge in [0.1, 0.15) is 11.2 Å². The van der Waals surface area contributed by atoms with Crippen molar-refractivity contribution in [3.05, 3.63) is 80.8 Å². The molecule has 2 amide bonds. The van der Waals surface area contributed by atoms with Crippen LogP contribution < -0.4 is 0 Å². The number of carbonyl (C=O) groups excluding carboxylic acids is 2. The van der Waals surface area contributed by atoms with Crippen LogP contribution in [0.1, 0.15) is 76.6 Å². The van der Waals surface area contributed by atoms with Gasteiger partial charge in [0.2, 0.25) is 0 Å². The maximum Gasteiger partial charge on any atom is 0.410 e. The number of allylic oxidation sites excluding steroid dienone is 2. The summed E-state index contributed by atoms with van der Waals surface area (Å²) >= 11 is 23.0. The maximum atomic E-state index is 12.2. The molecular formula is C36H46Cl4N2O4. The third-order valence-electron chi connectivity index (χ3n) is 7.54. The van der Waals surface area contributed by atoms with Crippen molar-refractivity contribution in [3.8, 4) is 0 Å². The molecule has 1 spiro atoms. The number of carbonyl (C=O) groups is 2. The molecule has 1 aliphatic heterocycles. The lowest BCUT2D eigenvalue weighted by atomic mass is 9.74. The summed E-state index contributed by atoms with van der Waals surface area (Å²) in [7, 11) is 0. The Morgan fingerprint density at radius 3 is 1.96 bits per heavy atom. The zero-order chi connectivity index (χ0) is 34.1. The Labute approximate surface area is 294 Å². The third-order valence-corrected chi connectivity index (χ3v) is 8.35. The molecule has 46 heavy (non-hydrogen) atoms. The second kappa shape index (κ2) is 16.6. The summed E-state index contributed by atoms with van der Waals surface area (Å²) in [5, 5.41) is 1.59. The molecule has 1 saturated heterocycles. The van der Waals surface area contributed by atoms with Gasteiger partial charge in [-0.2, -0.15) is 0 Å². The summed E-state index contributed by atoms with van der Waals surface area (Å²) in [6.07, 6.45) is 11.0. The number of rotatable bonds is 4. The largest absolute Gasteiger partial charge is 0.444 e. The summed E-state index contributed by atoms with van der Waals surface area (Å²) in [6.45, 7) is 13.5. The predicted octanol–water partition coefficient (Wildman–Crippen LogP) is 10.2. The minimum Gasteiger partial charge on any atom is -0.444 e. The number of benzene rings is 2. The van der Waals surface area contributed by atoms with Crippen LogP contribution in [-0.2, 0) is 21.3 Å². The van der Waals surface area contributed by atoms with Crippen LogP contribution in [0.2, 0.25) is 10.0 Å². The molecule has 2 aromatic rings. The number of nitrogens with zero attached hydrogens (tertiary/aromatic N) is 2. The van der Waals surface area contributed by atoms with Gasteiger partial charge in [-0.1, -0.05) is 59.6 Å². The molecule has 0 radical (unpaired) electrons. The zero-order valence-electron chi connectivity index (χ0n) is 27.7. The Bertz CT molecular complexity index is 1400. The first-order valence-corrected chi connectivity index (χ1v) is 17.4. The highest BCUT2D eigenvalue weighted by molar-refractivity contribution is 6.31. The van der Waals surface area contributed by atoms with Gasteiger partial charge in [0.05, 0.1) is 0 Å². The predicted molar refractivity (Wildman–Crippen MR) is 193 cm³/mol. The van der Waals surface area contributed by atoms with Crippen LogP contribution in [0.3, 0.4) is 0 Å². The number of alkyl halides is 2. The Hall–Kier alpha value is -2.38. The molecule has 5 rings (SSSR count). The molecule has 0 unspecified atom stereocenters. The van der Waals surface area contributed by atoms with Crippen molar-refractivity contribution in [2.75, 3.05) is 37.9 Å². The molecule has 0 atom stereocenters. The van der Waals surface area contributed by atoms with Crippen molar-refractivity contribution in [2.45, 2.75) is 77.4 Å². The van der Waals surface area contributed by atoms with Crippen molar-refractivity contribution in [1.29, 1.82) is 0 Å². The van der Waals surface area contributed by atoms with Gasteiger partial charge in [0, 0.05) is 53.4 Å². The van der Waals surface area contributed by atoms with Crippen LogP contribution >= 0.6 is 46.4 Å². The number of hydrogen-bond acceptors (Lipinski definition) is 4. The van der Waals surface area contributed by atoms with E-state index < -0.39 is 11.2 Å². The van der Waals surface area contributed by atoms with Crippen LogP contribution in [0.4, 0.5) is 9.59 Å². The quantitative estimate of drug-likeness (QED) is 0.296. The van der Waals surface area contributed by atoms with Crippen molar-refractivity contribution in [1.82, 2.24) is 9.80 Å². The first-order chi connectivity index (χ1) is 21.6. The third kappa shape index (κ3) is 11.4. The zero-order valence-corrected chi connectivity index (χ0v) is 30.7. The highest BCUT2D eigenvalue weighted by atomic mass is 35.5. The summed E-state index contributed by atoms with van der Waals surface area (Å²) in [6, 6.07) is 12.1. The fourth-order valence-electron chi connectivity index (χ4n) is 5.36. The first kappa shape index (κ1) is 38.1. The van der Waals surface area contributed by atoms with E-state index in [9.17, 15) is 9.59 Å². The lowest BCUT2D eigenvalue weighted by Gasteiger charge is -2.39. The van der Waals surface area contributed by atoms with Gasteiger partial charge in [-0.05, 0) is 107 Å². The fourth-order valence-corrected chi connectivity index (χ4v) is 6.13. The molecule has 0 bridgehead atoms. The number of hydrogen-bond donors (Lipinski definition) is 0. The van der Waals surface area contributed by atoms with Crippen LogP contribution in [-0.4, -0.2) is 71.1 Å². The molecule has 0 saturated carbocycles. The summed E-state index contributed by atoms with van der Waals surface area (Å²) in [4.78, 5) is 27.0. The summed E-state index contributed by atoms with van der Waals surface area (Å²) in [5.74, 6) is 0.770. The number of fused-ring (bicyclic) bond motifs is 3. The van der Waals surface area contributed by atoms with Crippen molar-refractivity contribution < 1.29 is 19.1 Å². The van der Waals surface area contributed by atoms with Crippen molar-refractivity contribution in [3.63, 3.8) is 0 Å². The monoisotopic (exact) mass is 710 g/mol. The average Bonchev–Trinajstić information content (AvgIpc) is 3.56. The van der Waals surface area contributed by atoms with E-state index in [2.05, 4.69) is 36.4 Å². The number of halogens is 4. The molecule has 10 heteroatoms. The summed E-state index contributed by atoms with van der Waals surface area (Å²) in [5.41, 5.74) is 4.32. The van der Waals surface area contributed by atoms with E-state index in [1.54, 1.807) is 0 Å². The lowest BCUT2D eigenvalue weighted by molar-refractivity contribution is 0.0182. The van der Waals surface area contributed by atoms with Gasteiger partial charge in [0.15, 0.2) is 0 Å². The molecule has 0 aromatic heterocycles. The fraction of sp³-hybridized carbons (Fsp3) is 0.500. The number of piperidine rings is 1. The Balaban J connectivity index is 0.000000205. The van der Waals surface area contributed by atoms with Gasteiger partial charge in [-0.3, -0.25) is 0 Å². The van der Waals surface area contributed by atoms with E-state index in [1.807, 2.05) is 70.7 Å². The van der Waals surface area contributed by atoms with E-state index in [0.29, 0.717) is 24.8 Å². The smallest absolute Gasteiger partial charge is 0.410 e. The number of ether oxygens (including phenoxy) is 2. The van der Waals surface area contributed by atoms with Crippen LogP contribution in [0.15, 0.2) is 48.6 Å². The topological polar surface area (TPSA) is 59.1 Å². The van der Waals surface area contributed by atoms with Gasteiger partial charge in [-0.15, -0.1) is 23.2 Å². The SMILES string of the molecule is CC(C)(C)OC(=O)N(CCCl)CCCl.CC(C)(C)OC(=O)N1CCC2(C=Cc3cc(Cl)ccc32)CC1.Clc1ccc2c(c1)C=CC2. The summed E-state index contributed by atoms with van der Waals surface area (Å²) < 4.78 is 10.6. The molecule has 3 aliphatic rings. The number of amides is 2. The number of likely N-dealkylation sites (tertiary alicyclic amines) is 1. The van der Waals surface area contributed by atoms with E-state index >= 15 is 0 Å². The van der Waals surface area contributed by atoms with Gasteiger partial charge in [0.25, 0.3) is 0 Å². The molecule has 0 N–H and O–H groups in total. The Morgan fingerprint density at radius 2 is 1.39 bits per heavy atom. The minimum absolute atomic E-state index is 0.0540. The first-order valence-electron chi connectivity index (χ1n) is 15.6. The lowest BCUT2D eigenvalue weighted by Crippen LogP contribution is -2.45. The van der Waals surface area contributed by atoms with Gasteiger partial charge < -0.3 is 19.3 Å². The molecule has 2 aliphatic carbocycles. The van der Waals surface area contributed by atoms with E-state index in [-0.39, 0.29) is 17.6 Å². The molecule has 1 heterocycles. The van der Waals surface area contributed by atoms with Gasteiger partial charge in [-0.25, -0.2) is 9.59 Å². The molecular weight excluding hydrogens is 666 g/mol. The normalized spacial score (nSPS) is 15.7. The highest BCUT2D eigenvalue weighted by Gasteiger charge is 2.39. The van der Waals surface area contributed by atoms with Crippen molar-refractivity contribution in [2.24, 2.45) is 0 Å². The van der Waals surface area contributed by atoms with Gasteiger partial charge >= 0.3 is 12.2 Å². The van der Waals surface area contributed by atoms with Crippen LogP contribution in [0.25, 0.3) is 12.2 Å². The molecule has 252 valence electrons. The molecule has 6 nitrogen and oxygen atoms in total. The van der Waals surface area contributed by atoms with E-state index in [0.717, 1.165) is 42.4 Å². The van der Waals surface area contributed by atoms with Crippen LogP contribution in [0.5, 0.6) is 0 Å². The maximum absolute atomic E-state index is 12.2. The highest BCUT2D eigenvalue weighted by Crippen LogP contribution is 2.44.